The minimum Gasteiger partial charge on any atom is -0.354 e. The van der Waals surface area contributed by atoms with E-state index in [4.69, 9.17) is 0 Å². The second-order valence-corrected chi connectivity index (χ2v) is 9.49. The molecule has 0 saturated carbocycles. The largest absolute Gasteiger partial charge is 0.354 e. The van der Waals surface area contributed by atoms with Gasteiger partial charge in [0.1, 0.15) is 5.82 Å². The molecule has 0 aromatic heterocycles. The Labute approximate surface area is 191 Å². The van der Waals surface area contributed by atoms with E-state index >= 15 is 0 Å². The van der Waals surface area contributed by atoms with Gasteiger partial charge in [-0.05, 0) is 63.0 Å². The fourth-order valence-corrected chi connectivity index (χ4v) is 3.61. The van der Waals surface area contributed by atoms with Gasteiger partial charge in [-0.1, -0.05) is 50.2 Å². The summed E-state index contributed by atoms with van der Waals surface area (Å²) in [6.45, 7) is 8.24. The lowest BCUT2D eigenvalue weighted by Crippen LogP contribution is -2.42. The number of nitrogens with zero attached hydrogens (tertiary/aromatic N) is 1. The molecule has 1 atom stereocenters. The molecular weight excluding hydrogens is 405 g/mol. The highest BCUT2D eigenvalue weighted by atomic mass is 19.1. The van der Waals surface area contributed by atoms with Crippen molar-refractivity contribution in [2.45, 2.75) is 58.0 Å². The van der Waals surface area contributed by atoms with E-state index in [9.17, 15) is 14.0 Å². The van der Waals surface area contributed by atoms with Crippen LogP contribution in [0.2, 0.25) is 0 Å². The van der Waals surface area contributed by atoms with Crippen LogP contribution < -0.4 is 10.6 Å². The van der Waals surface area contributed by atoms with Crippen LogP contribution in [-0.2, 0) is 16.6 Å². The van der Waals surface area contributed by atoms with E-state index in [2.05, 4.69) is 24.5 Å². The zero-order valence-electron chi connectivity index (χ0n) is 20.0. The monoisotopic (exact) mass is 441 g/mol. The SMILES string of the molecule is CC(C)NC(=O)c1ccc(C[C@@H](CNC(=O)CC(C)(C)c2ccccc2)N(C)C)cc1F. The fraction of sp³-hybridized carbons (Fsp3) is 0.462. The van der Waals surface area contributed by atoms with Crippen molar-refractivity contribution in [1.82, 2.24) is 15.5 Å². The number of nitrogens with one attached hydrogen (secondary N) is 2. The smallest absolute Gasteiger partial charge is 0.254 e. The molecule has 0 bridgehead atoms. The third-order valence-electron chi connectivity index (χ3n) is 5.59. The van der Waals surface area contributed by atoms with E-state index in [1.807, 2.05) is 63.2 Å². The Morgan fingerprint density at radius 3 is 2.28 bits per heavy atom. The van der Waals surface area contributed by atoms with Crippen LogP contribution >= 0.6 is 0 Å². The summed E-state index contributed by atoms with van der Waals surface area (Å²) in [5.41, 5.74) is 1.67. The molecule has 0 unspecified atom stereocenters. The number of rotatable bonds is 10. The predicted octanol–water partition coefficient (Wildman–Crippen LogP) is 3.92. The molecule has 2 N–H and O–H groups in total. The molecule has 5 nitrogen and oxygen atoms in total. The Morgan fingerprint density at radius 2 is 1.72 bits per heavy atom. The molecule has 0 aliphatic carbocycles. The van der Waals surface area contributed by atoms with Crippen molar-refractivity contribution in [1.29, 1.82) is 0 Å². The fourth-order valence-electron chi connectivity index (χ4n) is 3.61. The zero-order valence-corrected chi connectivity index (χ0v) is 20.0. The topological polar surface area (TPSA) is 61.4 Å². The van der Waals surface area contributed by atoms with Crippen LogP contribution in [0.4, 0.5) is 4.39 Å². The summed E-state index contributed by atoms with van der Waals surface area (Å²) >= 11 is 0. The lowest BCUT2D eigenvalue weighted by molar-refractivity contribution is -0.122. The first kappa shape index (κ1) is 25.5. The normalized spacial score (nSPS) is 12.7. The Hall–Kier alpha value is -2.73. The van der Waals surface area contributed by atoms with Crippen molar-refractivity contribution in [3.8, 4) is 0 Å². The van der Waals surface area contributed by atoms with Crippen LogP contribution in [0, 0.1) is 5.82 Å². The Balaban J connectivity index is 1.98. The highest BCUT2D eigenvalue weighted by Crippen LogP contribution is 2.26. The number of amides is 2. The molecule has 0 spiro atoms. The maximum absolute atomic E-state index is 14.5. The number of likely N-dealkylation sites (N-methyl/N-ethyl adjacent to an activating group) is 1. The summed E-state index contributed by atoms with van der Waals surface area (Å²) in [4.78, 5) is 26.8. The Bertz CT molecular complexity index is 911. The average Bonchev–Trinajstić information content (AvgIpc) is 2.70. The summed E-state index contributed by atoms with van der Waals surface area (Å²) in [6.07, 6.45) is 0.934. The van der Waals surface area contributed by atoms with Gasteiger partial charge in [-0.2, -0.15) is 0 Å². The second-order valence-electron chi connectivity index (χ2n) is 9.49. The second kappa shape index (κ2) is 11.2. The van der Waals surface area contributed by atoms with Crippen molar-refractivity contribution in [3.63, 3.8) is 0 Å². The van der Waals surface area contributed by atoms with Gasteiger partial charge in [-0.15, -0.1) is 0 Å². The first-order valence-electron chi connectivity index (χ1n) is 11.1. The molecule has 6 heteroatoms. The van der Waals surface area contributed by atoms with E-state index in [0.717, 1.165) is 11.1 Å². The van der Waals surface area contributed by atoms with Crippen molar-refractivity contribution < 1.29 is 14.0 Å². The first-order valence-corrected chi connectivity index (χ1v) is 11.1. The molecular formula is C26H36FN3O2. The zero-order chi connectivity index (χ0) is 23.9. The molecule has 0 radical (unpaired) electrons. The summed E-state index contributed by atoms with van der Waals surface area (Å²) in [6, 6.07) is 14.6. The van der Waals surface area contributed by atoms with Gasteiger partial charge in [0.15, 0.2) is 0 Å². The summed E-state index contributed by atoms with van der Waals surface area (Å²) in [5.74, 6) is -0.967. The van der Waals surface area contributed by atoms with Crippen LogP contribution in [0.3, 0.4) is 0 Å². The first-order chi connectivity index (χ1) is 15.0. The van der Waals surface area contributed by atoms with Crippen LogP contribution in [-0.4, -0.2) is 49.4 Å². The van der Waals surface area contributed by atoms with Gasteiger partial charge in [0.2, 0.25) is 5.91 Å². The van der Waals surface area contributed by atoms with Crippen LogP contribution in [0.15, 0.2) is 48.5 Å². The van der Waals surface area contributed by atoms with Gasteiger partial charge in [0, 0.05) is 25.0 Å². The standard InChI is InChI=1S/C26H36FN3O2/c1-18(2)29-25(32)22-13-12-19(15-23(22)27)14-21(30(5)6)17-28-24(31)16-26(3,4)20-10-8-7-9-11-20/h7-13,15,18,21H,14,16-17H2,1-6H3,(H,28,31)(H,29,32)/t21-/m0/s1. The summed E-state index contributed by atoms with van der Waals surface area (Å²) < 4.78 is 14.5. The molecule has 0 heterocycles. The molecule has 0 aliphatic rings. The molecule has 32 heavy (non-hydrogen) atoms. The van der Waals surface area contributed by atoms with Crippen LogP contribution in [0.25, 0.3) is 0 Å². The number of hydrogen-bond acceptors (Lipinski definition) is 3. The molecule has 2 aromatic carbocycles. The van der Waals surface area contributed by atoms with E-state index in [1.54, 1.807) is 6.07 Å². The minimum atomic E-state index is -0.535. The molecule has 0 aliphatic heterocycles. The highest BCUT2D eigenvalue weighted by Gasteiger charge is 2.25. The number of carbonyl (C=O) groups excluding carboxylic acids is 2. The van der Waals surface area contributed by atoms with E-state index < -0.39 is 11.7 Å². The van der Waals surface area contributed by atoms with Gasteiger partial charge in [0.05, 0.1) is 5.56 Å². The predicted molar refractivity (Wildman–Crippen MR) is 127 cm³/mol. The Kier molecular flexibility index (Phi) is 8.96. The third kappa shape index (κ3) is 7.45. The van der Waals surface area contributed by atoms with E-state index in [-0.39, 0.29) is 29.0 Å². The average molecular weight is 442 g/mol. The number of halogens is 1. The number of carbonyl (C=O) groups is 2. The third-order valence-corrected chi connectivity index (χ3v) is 5.59. The molecule has 0 saturated heterocycles. The quantitative estimate of drug-likeness (QED) is 0.588. The lowest BCUT2D eigenvalue weighted by Gasteiger charge is -2.27. The van der Waals surface area contributed by atoms with E-state index in [0.29, 0.717) is 19.4 Å². The number of benzene rings is 2. The van der Waals surface area contributed by atoms with Gasteiger partial charge < -0.3 is 15.5 Å². The highest BCUT2D eigenvalue weighted by molar-refractivity contribution is 5.94. The van der Waals surface area contributed by atoms with Gasteiger partial charge in [-0.3, -0.25) is 9.59 Å². The van der Waals surface area contributed by atoms with Crippen molar-refractivity contribution in [3.05, 3.63) is 71.0 Å². The van der Waals surface area contributed by atoms with Crippen LogP contribution in [0.5, 0.6) is 0 Å². The number of hydrogen-bond donors (Lipinski definition) is 2. The maximum Gasteiger partial charge on any atom is 0.254 e. The summed E-state index contributed by atoms with van der Waals surface area (Å²) in [7, 11) is 3.87. The van der Waals surface area contributed by atoms with Gasteiger partial charge in [-0.25, -0.2) is 4.39 Å². The van der Waals surface area contributed by atoms with E-state index in [1.165, 1.54) is 12.1 Å². The Morgan fingerprint density at radius 1 is 1.06 bits per heavy atom. The van der Waals surface area contributed by atoms with Crippen molar-refractivity contribution >= 4 is 11.8 Å². The molecule has 2 amide bonds. The van der Waals surface area contributed by atoms with Crippen LogP contribution in [0.1, 0.15) is 55.6 Å². The lowest BCUT2D eigenvalue weighted by atomic mass is 9.81. The molecule has 2 aromatic rings. The van der Waals surface area contributed by atoms with Crippen molar-refractivity contribution in [2.75, 3.05) is 20.6 Å². The van der Waals surface area contributed by atoms with Gasteiger partial charge in [0.25, 0.3) is 5.91 Å². The van der Waals surface area contributed by atoms with Crippen molar-refractivity contribution in [2.24, 2.45) is 0 Å². The van der Waals surface area contributed by atoms with Gasteiger partial charge >= 0.3 is 0 Å². The molecule has 174 valence electrons. The maximum atomic E-state index is 14.5. The summed E-state index contributed by atoms with van der Waals surface area (Å²) in [5, 5.41) is 5.74. The molecule has 0 fully saturated rings. The minimum absolute atomic E-state index is 0.00599. The molecule has 2 rings (SSSR count).